The molecule has 0 amide bonds. The maximum atomic E-state index is 14.0. The lowest BCUT2D eigenvalue weighted by Gasteiger charge is -2.25. The van der Waals surface area contributed by atoms with Gasteiger partial charge >= 0.3 is 5.97 Å². The number of halogens is 2. The number of thiazole rings is 1. The molecule has 42 heavy (non-hydrogen) atoms. The average molecular weight is 649 g/mol. The molecular weight excluding hydrogens is 625 g/mol. The van der Waals surface area contributed by atoms with Crippen molar-refractivity contribution in [3.63, 3.8) is 0 Å². The molecule has 4 aromatic rings. The number of rotatable bonds is 8. The summed E-state index contributed by atoms with van der Waals surface area (Å²) in [5, 5.41) is 8.90. The zero-order valence-corrected chi connectivity index (χ0v) is 24.9. The van der Waals surface area contributed by atoms with E-state index in [4.69, 9.17) is 24.5 Å². The Labute approximate surface area is 252 Å². The van der Waals surface area contributed by atoms with Crippen LogP contribution in [0.2, 0.25) is 0 Å². The fourth-order valence-electron chi connectivity index (χ4n) is 4.62. The third-order valence-electron chi connectivity index (χ3n) is 6.39. The number of fused-ring (bicyclic) bond motifs is 1. The van der Waals surface area contributed by atoms with Gasteiger partial charge in [0.25, 0.3) is 5.56 Å². The van der Waals surface area contributed by atoms with Gasteiger partial charge in [0.2, 0.25) is 0 Å². The van der Waals surface area contributed by atoms with E-state index in [-0.39, 0.29) is 24.3 Å². The molecule has 1 aliphatic heterocycles. The molecule has 0 spiro atoms. The predicted octanol–water partition coefficient (Wildman–Crippen LogP) is 4.75. The molecule has 212 valence electrons. The molecule has 1 unspecified atom stereocenters. The lowest BCUT2D eigenvalue weighted by atomic mass is 9.93. The summed E-state index contributed by atoms with van der Waals surface area (Å²) >= 11 is 4.61. The Hall–Kier alpha value is -4.53. The van der Waals surface area contributed by atoms with Gasteiger partial charge in [0, 0.05) is 5.56 Å². The zero-order valence-electron chi connectivity index (χ0n) is 22.5. The lowest BCUT2D eigenvalue weighted by Crippen LogP contribution is -2.40. The first-order valence-corrected chi connectivity index (χ1v) is 14.4. The largest absolute Gasteiger partial charge is 0.493 e. The van der Waals surface area contributed by atoms with E-state index in [0.29, 0.717) is 47.7 Å². The third-order valence-corrected chi connectivity index (χ3v) is 7.96. The molecule has 2 heterocycles. The number of nitrogens with zero attached hydrogens (tertiary/aromatic N) is 3. The Kier molecular flexibility index (Phi) is 8.66. The van der Waals surface area contributed by atoms with E-state index in [1.165, 1.54) is 23.8 Å². The van der Waals surface area contributed by atoms with Crippen LogP contribution in [0, 0.1) is 17.1 Å². The highest BCUT2D eigenvalue weighted by molar-refractivity contribution is 9.10. The number of aromatic nitrogens is 1. The normalized spacial score (nSPS) is 14.5. The quantitative estimate of drug-likeness (QED) is 0.256. The van der Waals surface area contributed by atoms with Gasteiger partial charge in [-0.25, -0.2) is 14.2 Å². The summed E-state index contributed by atoms with van der Waals surface area (Å²) in [5.41, 5.74) is 1.99. The minimum atomic E-state index is -0.915. The second-order valence-corrected chi connectivity index (χ2v) is 10.8. The molecule has 3 aromatic carbocycles. The summed E-state index contributed by atoms with van der Waals surface area (Å²) in [5.74, 6) is -0.331. The van der Waals surface area contributed by atoms with Crippen LogP contribution in [-0.2, 0) is 9.53 Å². The number of hydrogen-bond donors (Lipinski definition) is 0. The summed E-state index contributed by atoms with van der Waals surface area (Å²) in [6.07, 6.45) is 1.68. The maximum absolute atomic E-state index is 14.0. The molecule has 0 fully saturated rings. The van der Waals surface area contributed by atoms with E-state index in [0.717, 1.165) is 11.3 Å². The summed E-state index contributed by atoms with van der Waals surface area (Å²) in [6, 6.07) is 19.3. The van der Waals surface area contributed by atoms with Crippen molar-refractivity contribution in [2.45, 2.75) is 13.0 Å². The summed E-state index contributed by atoms with van der Waals surface area (Å²) < 4.78 is 32.7. The highest BCUT2D eigenvalue weighted by Crippen LogP contribution is 2.37. The minimum Gasteiger partial charge on any atom is -0.493 e. The van der Waals surface area contributed by atoms with Gasteiger partial charge in [0.15, 0.2) is 22.9 Å². The molecule has 0 aliphatic carbocycles. The van der Waals surface area contributed by atoms with Crippen molar-refractivity contribution in [1.29, 1.82) is 5.26 Å². The Bertz CT molecular complexity index is 1910. The molecule has 0 N–H and O–H groups in total. The Balaban J connectivity index is 1.77. The molecule has 0 radical (unpaired) electrons. The number of methoxy groups -OCH3 is 1. The van der Waals surface area contributed by atoms with Crippen molar-refractivity contribution < 1.29 is 23.4 Å². The molecular formula is C31H23BrFN3O5S. The molecule has 0 saturated carbocycles. The van der Waals surface area contributed by atoms with Crippen LogP contribution in [0.5, 0.6) is 11.5 Å². The van der Waals surface area contributed by atoms with E-state index in [1.807, 2.05) is 36.4 Å². The minimum absolute atomic E-state index is 0.121. The maximum Gasteiger partial charge on any atom is 0.338 e. The molecule has 8 nitrogen and oxygen atoms in total. The molecule has 1 atom stereocenters. The molecule has 0 bridgehead atoms. The molecule has 5 rings (SSSR count). The molecule has 1 aliphatic rings. The van der Waals surface area contributed by atoms with Crippen LogP contribution in [0.1, 0.15) is 29.7 Å². The monoisotopic (exact) mass is 647 g/mol. The van der Waals surface area contributed by atoms with E-state index in [1.54, 1.807) is 37.3 Å². The highest BCUT2D eigenvalue weighted by atomic mass is 79.9. The Morgan fingerprint density at radius 1 is 1.19 bits per heavy atom. The van der Waals surface area contributed by atoms with Crippen LogP contribution in [0.3, 0.4) is 0 Å². The first-order valence-electron chi connectivity index (χ1n) is 12.8. The number of nitriles is 1. The number of ether oxygens (including phenoxy) is 3. The van der Waals surface area contributed by atoms with Gasteiger partial charge in [0.05, 0.1) is 40.0 Å². The van der Waals surface area contributed by atoms with Crippen LogP contribution in [0.15, 0.2) is 86.6 Å². The van der Waals surface area contributed by atoms with Gasteiger partial charge in [-0.3, -0.25) is 9.36 Å². The second kappa shape index (κ2) is 12.5. The number of esters is 1. The first kappa shape index (κ1) is 29.0. The fourth-order valence-corrected chi connectivity index (χ4v) is 6.20. The highest BCUT2D eigenvalue weighted by Gasteiger charge is 2.35. The number of carbonyl (C=O) groups excluding carboxylic acids is 1. The van der Waals surface area contributed by atoms with Crippen LogP contribution in [0.4, 0.5) is 4.39 Å². The van der Waals surface area contributed by atoms with Crippen molar-refractivity contribution in [3.8, 4) is 17.6 Å². The number of carbonyl (C=O) groups is 1. The van der Waals surface area contributed by atoms with E-state index in [2.05, 4.69) is 15.9 Å². The van der Waals surface area contributed by atoms with E-state index in [9.17, 15) is 14.0 Å². The molecule has 1 aromatic heterocycles. The smallest absolute Gasteiger partial charge is 0.338 e. The third kappa shape index (κ3) is 5.64. The van der Waals surface area contributed by atoms with Crippen LogP contribution in [-0.4, -0.2) is 30.9 Å². The van der Waals surface area contributed by atoms with Crippen LogP contribution in [0.25, 0.3) is 11.8 Å². The predicted molar refractivity (Wildman–Crippen MR) is 159 cm³/mol. The molecule has 11 heteroatoms. The zero-order chi connectivity index (χ0) is 29.8. The van der Waals surface area contributed by atoms with Gasteiger partial charge in [-0.1, -0.05) is 53.8 Å². The summed E-state index contributed by atoms with van der Waals surface area (Å²) in [4.78, 5) is 32.7. The van der Waals surface area contributed by atoms with Crippen molar-refractivity contribution >= 4 is 45.0 Å². The standard InChI is InChI=1S/C31H23BrFN3O5S/c1-3-40-30(38)25-26(19-7-5-4-6-8-19)35-31-36(27(25)20-9-11-21(33)12-10-20)29(37)24(42-31)17-18-15-22(32)28(41-14-13-34)23(16-18)39-2/h4-12,15-17,27H,3,14H2,1-2H3/b24-17+. The van der Waals surface area contributed by atoms with Gasteiger partial charge in [0.1, 0.15) is 11.9 Å². The van der Waals surface area contributed by atoms with Gasteiger partial charge in [-0.05, 0) is 64.3 Å². The van der Waals surface area contributed by atoms with Gasteiger partial charge in [-0.2, -0.15) is 5.26 Å². The van der Waals surface area contributed by atoms with Gasteiger partial charge < -0.3 is 14.2 Å². The average Bonchev–Trinajstić information content (AvgIpc) is 3.30. The van der Waals surface area contributed by atoms with Crippen molar-refractivity contribution in [3.05, 3.63) is 119 Å². The van der Waals surface area contributed by atoms with Crippen LogP contribution >= 0.6 is 27.3 Å². The summed E-state index contributed by atoms with van der Waals surface area (Å²) in [6.45, 7) is 1.66. The topological polar surface area (TPSA) is 103 Å². The van der Waals surface area contributed by atoms with Crippen LogP contribution < -0.4 is 24.4 Å². The van der Waals surface area contributed by atoms with Crippen molar-refractivity contribution in [1.82, 2.24) is 4.57 Å². The van der Waals surface area contributed by atoms with Crippen molar-refractivity contribution in [2.24, 2.45) is 4.99 Å². The lowest BCUT2D eigenvalue weighted by molar-refractivity contribution is -0.138. The first-order chi connectivity index (χ1) is 20.4. The van der Waals surface area contributed by atoms with E-state index < -0.39 is 17.8 Å². The number of benzene rings is 3. The Morgan fingerprint density at radius 3 is 2.60 bits per heavy atom. The summed E-state index contributed by atoms with van der Waals surface area (Å²) in [7, 11) is 1.48. The van der Waals surface area contributed by atoms with E-state index >= 15 is 0 Å². The van der Waals surface area contributed by atoms with Crippen molar-refractivity contribution in [2.75, 3.05) is 20.3 Å². The van der Waals surface area contributed by atoms with Gasteiger partial charge in [-0.15, -0.1) is 0 Å². The number of hydrogen-bond acceptors (Lipinski definition) is 8. The second-order valence-electron chi connectivity index (χ2n) is 8.96. The SMILES string of the molecule is CCOC(=O)C1=C(c2ccccc2)N=c2s/c(=C/c3cc(Br)c(OCC#N)c(OC)c3)c(=O)n2C1c1ccc(F)cc1. The Morgan fingerprint density at radius 2 is 1.93 bits per heavy atom. The fraction of sp³-hybridized carbons (Fsp3) is 0.161. The molecule has 0 saturated heterocycles.